The Hall–Kier alpha value is -0.910. The van der Waals surface area contributed by atoms with Gasteiger partial charge in [-0.25, -0.2) is 4.79 Å². The Morgan fingerprint density at radius 2 is 2.21 bits per heavy atom. The van der Waals surface area contributed by atoms with Crippen molar-refractivity contribution in [3.05, 3.63) is 34.3 Å². The van der Waals surface area contributed by atoms with E-state index in [0.717, 1.165) is 4.47 Å². The number of nitrogens with two attached hydrogens (primary N) is 1. The van der Waals surface area contributed by atoms with Crippen LogP contribution in [0.15, 0.2) is 28.7 Å². The lowest BCUT2D eigenvalue weighted by Crippen LogP contribution is -2.48. The van der Waals surface area contributed by atoms with Crippen molar-refractivity contribution in [1.82, 2.24) is 0 Å². The standard InChI is InChI=1S/C9H10BrNO3/c10-7-3-1-2-6(4-7)9(11,5-12)8(13)14/h1-4,12H,5,11H2,(H,13,14)/t9-/m1/s1. The third-order valence-corrected chi connectivity index (χ3v) is 2.46. The molecule has 0 fully saturated rings. The molecular formula is C9H10BrNO3. The molecule has 0 saturated heterocycles. The van der Waals surface area contributed by atoms with E-state index in [4.69, 9.17) is 15.9 Å². The number of aliphatic carboxylic acids is 1. The maximum absolute atomic E-state index is 10.9. The summed E-state index contributed by atoms with van der Waals surface area (Å²) in [7, 11) is 0. The Morgan fingerprint density at radius 1 is 1.57 bits per heavy atom. The molecule has 14 heavy (non-hydrogen) atoms. The molecule has 0 aromatic heterocycles. The van der Waals surface area contributed by atoms with Gasteiger partial charge in [-0.05, 0) is 17.7 Å². The van der Waals surface area contributed by atoms with E-state index in [9.17, 15) is 4.79 Å². The molecule has 0 aliphatic carbocycles. The van der Waals surface area contributed by atoms with Crippen molar-refractivity contribution in [3.8, 4) is 0 Å². The average molecular weight is 260 g/mol. The molecule has 0 amide bonds. The second-order valence-corrected chi connectivity index (χ2v) is 3.86. The summed E-state index contributed by atoms with van der Waals surface area (Å²) in [5.41, 5.74) is 4.19. The lowest BCUT2D eigenvalue weighted by atomic mass is 9.92. The zero-order valence-electron chi connectivity index (χ0n) is 7.27. The third kappa shape index (κ3) is 1.95. The summed E-state index contributed by atoms with van der Waals surface area (Å²) in [6, 6.07) is 6.56. The number of halogens is 1. The second kappa shape index (κ2) is 4.08. The van der Waals surface area contributed by atoms with Crippen LogP contribution in [0, 0.1) is 0 Å². The second-order valence-electron chi connectivity index (χ2n) is 2.94. The van der Waals surface area contributed by atoms with Crippen LogP contribution in [0.1, 0.15) is 5.56 Å². The van der Waals surface area contributed by atoms with E-state index in [1.165, 1.54) is 0 Å². The maximum atomic E-state index is 10.9. The van der Waals surface area contributed by atoms with Crippen molar-refractivity contribution in [3.63, 3.8) is 0 Å². The number of carboxylic acid groups (broad SMARTS) is 1. The third-order valence-electron chi connectivity index (χ3n) is 1.97. The van der Waals surface area contributed by atoms with Gasteiger partial charge in [-0.3, -0.25) is 0 Å². The number of benzene rings is 1. The van der Waals surface area contributed by atoms with E-state index in [2.05, 4.69) is 15.9 Å². The molecule has 4 nitrogen and oxygen atoms in total. The van der Waals surface area contributed by atoms with Gasteiger partial charge in [-0.2, -0.15) is 0 Å². The molecule has 76 valence electrons. The van der Waals surface area contributed by atoms with Gasteiger partial charge in [-0.1, -0.05) is 28.1 Å². The summed E-state index contributed by atoms with van der Waals surface area (Å²) >= 11 is 3.20. The van der Waals surface area contributed by atoms with Crippen LogP contribution in [0.25, 0.3) is 0 Å². The van der Waals surface area contributed by atoms with Crippen LogP contribution in [0.3, 0.4) is 0 Å². The monoisotopic (exact) mass is 259 g/mol. The van der Waals surface area contributed by atoms with Crippen LogP contribution in [0.4, 0.5) is 0 Å². The minimum atomic E-state index is -1.73. The molecule has 0 heterocycles. The minimum absolute atomic E-state index is 0.363. The van der Waals surface area contributed by atoms with Crippen molar-refractivity contribution >= 4 is 21.9 Å². The highest BCUT2D eigenvalue weighted by Crippen LogP contribution is 2.21. The number of carbonyl (C=O) groups is 1. The first-order chi connectivity index (χ1) is 6.50. The molecule has 5 heteroatoms. The largest absolute Gasteiger partial charge is 0.480 e. The fraction of sp³-hybridized carbons (Fsp3) is 0.222. The molecule has 1 aromatic carbocycles. The molecule has 0 aliphatic heterocycles. The summed E-state index contributed by atoms with van der Waals surface area (Å²) in [5.74, 6) is -1.25. The van der Waals surface area contributed by atoms with Gasteiger partial charge >= 0.3 is 5.97 Å². The smallest absolute Gasteiger partial charge is 0.330 e. The Labute approximate surface area is 89.5 Å². The number of carboxylic acids is 1. The van der Waals surface area contributed by atoms with Crippen LogP contribution in [-0.4, -0.2) is 22.8 Å². The van der Waals surface area contributed by atoms with Crippen LogP contribution < -0.4 is 5.73 Å². The van der Waals surface area contributed by atoms with Crippen molar-refractivity contribution in [1.29, 1.82) is 0 Å². The molecule has 1 aromatic rings. The van der Waals surface area contributed by atoms with E-state index in [1.54, 1.807) is 24.3 Å². The topological polar surface area (TPSA) is 83.5 Å². The van der Waals surface area contributed by atoms with Crippen LogP contribution in [0.5, 0.6) is 0 Å². The summed E-state index contributed by atoms with van der Waals surface area (Å²) in [6.45, 7) is -0.640. The first kappa shape index (κ1) is 11.2. The van der Waals surface area contributed by atoms with Crippen molar-refractivity contribution in [2.24, 2.45) is 5.73 Å². The van der Waals surface area contributed by atoms with Crippen LogP contribution >= 0.6 is 15.9 Å². The quantitative estimate of drug-likeness (QED) is 0.746. The predicted molar refractivity (Wildman–Crippen MR) is 54.7 cm³/mol. The summed E-state index contributed by atoms with van der Waals surface area (Å²) in [5, 5.41) is 17.9. The van der Waals surface area contributed by atoms with E-state index >= 15 is 0 Å². The first-order valence-electron chi connectivity index (χ1n) is 3.90. The van der Waals surface area contributed by atoms with Crippen molar-refractivity contribution < 1.29 is 15.0 Å². The van der Waals surface area contributed by atoms with E-state index in [-0.39, 0.29) is 0 Å². The Kier molecular flexibility index (Phi) is 3.25. The lowest BCUT2D eigenvalue weighted by Gasteiger charge is -2.22. The molecule has 4 N–H and O–H groups in total. The van der Waals surface area contributed by atoms with Gasteiger partial charge in [0, 0.05) is 4.47 Å². The fourth-order valence-electron chi connectivity index (χ4n) is 1.05. The molecule has 0 saturated carbocycles. The highest BCUT2D eigenvalue weighted by atomic mass is 79.9. The maximum Gasteiger partial charge on any atom is 0.330 e. The Morgan fingerprint density at radius 3 is 2.64 bits per heavy atom. The Balaban J connectivity index is 3.19. The predicted octanol–water partition coefficient (Wildman–Crippen LogP) is 0.680. The highest BCUT2D eigenvalue weighted by molar-refractivity contribution is 9.10. The SMILES string of the molecule is N[C@@](CO)(C(=O)O)c1cccc(Br)c1. The molecule has 1 atom stereocenters. The number of hydrogen-bond acceptors (Lipinski definition) is 3. The lowest BCUT2D eigenvalue weighted by molar-refractivity contribution is -0.145. The summed E-state index contributed by atoms with van der Waals surface area (Å²) in [6.07, 6.45) is 0. The molecular weight excluding hydrogens is 250 g/mol. The van der Waals surface area contributed by atoms with Crippen LogP contribution in [-0.2, 0) is 10.3 Å². The summed E-state index contributed by atoms with van der Waals surface area (Å²) in [4.78, 5) is 10.9. The molecule has 0 spiro atoms. The van der Waals surface area contributed by atoms with Gasteiger partial charge in [0.25, 0.3) is 0 Å². The van der Waals surface area contributed by atoms with Crippen molar-refractivity contribution in [2.75, 3.05) is 6.61 Å². The first-order valence-corrected chi connectivity index (χ1v) is 4.69. The molecule has 0 bridgehead atoms. The van der Waals surface area contributed by atoms with Gasteiger partial charge in [0.1, 0.15) is 0 Å². The van der Waals surface area contributed by atoms with E-state index in [1.807, 2.05) is 0 Å². The highest BCUT2D eigenvalue weighted by Gasteiger charge is 2.35. The van der Waals surface area contributed by atoms with Gasteiger partial charge < -0.3 is 15.9 Å². The number of aliphatic hydroxyl groups is 1. The van der Waals surface area contributed by atoms with Crippen LogP contribution in [0.2, 0.25) is 0 Å². The molecule has 0 unspecified atom stereocenters. The number of hydrogen-bond donors (Lipinski definition) is 3. The van der Waals surface area contributed by atoms with Gasteiger partial charge in [0.05, 0.1) is 6.61 Å². The zero-order chi connectivity index (χ0) is 10.8. The van der Waals surface area contributed by atoms with Gasteiger partial charge in [-0.15, -0.1) is 0 Å². The van der Waals surface area contributed by atoms with Crippen molar-refractivity contribution in [2.45, 2.75) is 5.54 Å². The fourth-order valence-corrected chi connectivity index (χ4v) is 1.45. The van der Waals surface area contributed by atoms with E-state index in [0.29, 0.717) is 5.56 Å². The van der Waals surface area contributed by atoms with E-state index < -0.39 is 18.1 Å². The molecule has 0 radical (unpaired) electrons. The average Bonchev–Trinajstić information content (AvgIpc) is 2.16. The Bertz CT molecular complexity index is 356. The molecule has 1 rings (SSSR count). The van der Waals surface area contributed by atoms with Gasteiger partial charge in [0.2, 0.25) is 0 Å². The zero-order valence-corrected chi connectivity index (χ0v) is 8.86. The normalized spacial score (nSPS) is 14.8. The number of aliphatic hydroxyl groups excluding tert-OH is 1. The molecule has 0 aliphatic rings. The van der Waals surface area contributed by atoms with Gasteiger partial charge in [0.15, 0.2) is 5.54 Å². The summed E-state index contributed by atoms with van der Waals surface area (Å²) < 4.78 is 0.722. The minimum Gasteiger partial charge on any atom is -0.480 e. The number of rotatable bonds is 3.